The molecule has 0 unspecified atom stereocenters. The first kappa shape index (κ1) is 21.0. The fraction of sp³-hybridized carbons (Fsp3) is 0.182. The summed E-state index contributed by atoms with van der Waals surface area (Å²) in [5.74, 6) is -0.312. The minimum absolute atomic E-state index is 0.0587. The van der Waals surface area contributed by atoms with Gasteiger partial charge in [0.05, 0.1) is 19.2 Å². The fourth-order valence-electron chi connectivity index (χ4n) is 3.40. The zero-order valence-corrected chi connectivity index (χ0v) is 17.4. The molecule has 9 nitrogen and oxygen atoms in total. The molecule has 164 valence electrons. The van der Waals surface area contributed by atoms with E-state index in [2.05, 4.69) is 10.4 Å². The van der Waals surface area contributed by atoms with Gasteiger partial charge in [-0.25, -0.2) is 9.18 Å². The third kappa shape index (κ3) is 4.15. The van der Waals surface area contributed by atoms with Crippen molar-refractivity contribution in [2.75, 3.05) is 12.4 Å². The van der Waals surface area contributed by atoms with Gasteiger partial charge in [0.25, 0.3) is 5.56 Å². The number of anilines is 1. The number of amides is 1. The Labute approximate surface area is 181 Å². The van der Waals surface area contributed by atoms with Gasteiger partial charge < -0.3 is 10.1 Å². The molecule has 0 bridgehead atoms. The van der Waals surface area contributed by atoms with Crippen LogP contribution in [0, 0.1) is 5.82 Å². The summed E-state index contributed by atoms with van der Waals surface area (Å²) in [5, 5.41) is 6.88. The number of fused-ring (bicyclic) bond motifs is 1. The number of hydrogen-bond acceptors (Lipinski definition) is 5. The number of methoxy groups -OCH3 is 1. The largest absolute Gasteiger partial charge is 0.497 e. The van der Waals surface area contributed by atoms with Gasteiger partial charge in [0.15, 0.2) is 5.52 Å². The second-order valence-electron chi connectivity index (χ2n) is 7.20. The number of nitrogens with one attached hydrogen (secondary N) is 1. The van der Waals surface area contributed by atoms with Crippen molar-refractivity contribution in [3.05, 3.63) is 86.9 Å². The number of hydrogen-bond donors (Lipinski definition) is 1. The molecule has 32 heavy (non-hydrogen) atoms. The average molecular weight is 437 g/mol. The van der Waals surface area contributed by atoms with Crippen LogP contribution in [0.5, 0.6) is 5.75 Å². The summed E-state index contributed by atoms with van der Waals surface area (Å²) in [7, 11) is 3.14. The predicted molar refractivity (Wildman–Crippen MR) is 116 cm³/mol. The highest BCUT2D eigenvalue weighted by molar-refractivity contribution is 5.91. The molecule has 2 heterocycles. The minimum atomic E-state index is -0.666. The Morgan fingerprint density at radius 3 is 2.59 bits per heavy atom. The molecule has 0 fully saturated rings. The Kier molecular flexibility index (Phi) is 5.59. The molecule has 2 aromatic carbocycles. The maximum absolute atomic E-state index is 13.2. The Morgan fingerprint density at radius 1 is 1.12 bits per heavy atom. The van der Waals surface area contributed by atoms with E-state index in [0.29, 0.717) is 17.0 Å². The average Bonchev–Trinajstić information content (AvgIpc) is 3.17. The smallest absolute Gasteiger partial charge is 0.332 e. The first-order valence-electron chi connectivity index (χ1n) is 9.71. The Balaban J connectivity index is 1.72. The van der Waals surface area contributed by atoms with Gasteiger partial charge in [0.2, 0.25) is 5.91 Å². The summed E-state index contributed by atoms with van der Waals surface area (Å²) in [4.78, 5) is 38.8. The Morgan fingerprint density at radius 2 is 1.88 bits per heavy atom. The molecule has 4 aromatic rings. The minimum Gasteiger partial charge on any atom is -0.497 e. The number of nitrogens with zero attached hydrogens (tertiary/aromatic N) is 4. The van der Waals surface area contributed by atoms with Crippen molar-refractivity contribution < 1.29 is 13.9 Å². The van der Waals surface area contributed by atoms with Crippen molar-refractivity contribution in [2.45, 2.75) is 13.1 Å². The topological polar surface area (TPSA) is 100 Å². The van der Waals surface area contributed by atoms with Crippen LogP contribution in [0.3, 0.4) is 0 Å². The van der Waals surface area contributed by atoms with E-state index in [1.54, 1.807) is 31.3 Å². The zero-order valence-electron chi connectivity index (χ0n) is 17.4. The monoisotopic (exact) mass is 437 g/mol. The molecule has 1 N–H and O–H groups in total. The van der Waals surface area contributed by atoms with Gasteiger partial charge in [0.1, 0.15) is 18.1 Å². The van der Waals surface area contributed by atoms with Crippen LogP contribution in [-0.2, 0) is 24.9 Å². The predicted octanol–water partition coefficient (Wildman–Crippen LogP) is 1.73. The number of carbonyl (C=O) groups excluding carboxylic acids is 1. The van der Waals surface area contributed by atoms with Crippen molar-refractivity contribution in [1.82, 2.24) is 18.9 Å². The summed E-state index contributed by atoms with van der Waals surface area (Å²) in [6.45, 7) is -0.413. The molecule has 0 saturated carbocycles. The SMILES string of the molecule is COc1cccc(NC(=O)Cn2c(=O)n(Cc3ccc(F)cc3)c(=O)c3nn(C)cc32)c1. The van der Waals surface area contributed by atoms with Gasteiger partial charge in [0, 0.05) is 25.0 Å². The van der Waals surface area contributed by atoms with E-state index in [4.69, 9.17) is 4.74 Å². The molecular formula is C22H20FN5O4. The second kappa shape index (κ2) is 8.50. The molecule has 0 aliphatic carbocycles. The lowest BCUT2D eigenvalue weighted by atomic mass is 10.2. The summed E-state index contributed by atoms with van der Waals surface area (Å²) < 4.78 is 22.0. The van der Waals surface area contributed by atoms with Crippen LogP contribution in [0.1, 0.15) is 5.56 Å². The molecule has 10 heteroatoms. The molecule has 0 saturated heterocycles. The standard InChI is InChI=1S/C22H20FN5O4/c1-26-12-18-20(25-26)21(30)28(11-14-6-8-15(23)9-7-14)22(31)27(18)13-19(29)24-16-4-3-5-17(10-16)32-2/h3-10,12H,11,13H2,1-2H3,(H,24,29). The molecule has 0 aliphatic heterocycles. The highest BCUT2D eigenvalue weighted by Crippen LogP contribution is 2.17. The van der Waals surface area contributed by atoms with Crippen molar-refractivity contribution >= 4 is 22.6 Å². The number of ether oxygens (including phenoxy) is 1. The summed E-state index contributed by atoms with van der Waals surface area (Å²) >= 11 is 0. The van der Waals surface area contributed by atoms with Crippen molar-refractivity contribution in [3.8, 4) is 5.75 Å². The van der Waals surface area contributed by atoms with Crippen LogP contribution in [0.2, 0.25) is 0 Å². The lowest BCUT2D eigenvalue weighted by Crippen LogP contribution is -2.41. The molecule has 0 spiro atoms. The van der Waals surface area contributed by atoms with Gasteiger partial charge in [-0.05, 0) is 29.8 Å². The number of carbonyl (C=O) groups is 1. The van der Waals surface area contributed by atoms with E-state index >= 15 is 0 Å². The molecule has 0 aliphatic rings. The third-order valence-corrected chi connectivity index (χ3v) is 4.92. The van der Waals surface area contributed by atoms with Crippen LogP contribution in [0.4, 0.5) is 10.1 Å². The quantitative estimate of drug-likeness (QED) is 0.495. The highest BCUT2D eigenvalue weighted by atomic mass is 19.1. The first-order chi connectivity index (χ1) is 15.4. The van der Waals surface area contributed by atoms with Crippen LogP contribution >= 0.6 is 0 Å². The molecule has 4 rings (SSSR count). The van der Waals surface area contributed by atoms with E-state index in [9.17, 15) is 18.8 Å². The van der Waals surface area contributed by atoms with E-state index in [1.807, 2.05) is 0 Å². The summed E-state index contributed by atoms with van der Waals surface area (Å²) in [6, 6.07) is 12.3. The molecule has 0 atom stereocenters. The van der Waals surface area contributed by atoms with Gasteiger partial charge in [-0.1, -0.05) is 18.2 Å². The number of aryl methyl sites for hydroxylation is 1. The number of aromatic nitrogens is 4. The highest BCUT2D eigenvalue weighted by Gasteiger charge is 2.18. The van der Waals surface area contributed by atoms with Crippen molar-refractivity contribution in [3.63, 3.8) is 0 Å². The zero-order chi connectivity index (χ0) is 22.8. The number of halogens is 1. The molecular weight excluding hydrogens is 417 g/mol. The first-order valence-corrected chi connectivity index (χ1v) is 9.71. The normalized spacial score (nSPS) is 11.0. The fourth-order valence-corrected chi connectivity index (χ4v) is 3.40. The van der Waals surface area contributed by atoms with Gasteiger partial charge in [-0.15, -0.1) is 0 Å². The Bertz CT molecular complexity index is 1420. The molecule has 2 aromatic heterocycles. The van der Waals surface area contributed by atoms with Gasteiger partial charge in [-0.2, -0.15) is 5.10 Å². The van der Waals surface area contributed by atoms with E-state index in [0.717, 1.165) is 4.57 Å². The summed E-state index contributed by atoms with van der Waals surface area (Å²) in [6.07, 6.45) is 1.51. The molecule has 1 amide bonds. The van der Waals surface area contributed by atoms with Crippen molar-refractivity contribution in [2.24, 2.45) is 7.05 Å². The van der Waals surface area contributed by atoms with Crippen LogP contribution < -0.4 is 21.3 Å². The lowest BCUT2D eigenvalue weighted by Gasteiger charge is -2.12. The number of rotatable bonds is 6. The van der Waals surface area contributed by atoms with Crippen LogP contribution in [0.25, 0.3) is 11.0 Å². The summed E-state index contributed by atoms with van der Waals surface area (Å²) in [5.41, 5.74) is 0.125. The number of benzene rings is 2. The van der Waals surface area contributed by atoms with Crippen LogP contribution in [0.15, 0.2) is 64.3 Å². The lowest BCUT2D eigenvalue weighted by molar-refractivity contribution is -0.116. The van der Waals surface area contributed by atoms with Crippen molar-refractivity contribution in [1.29, 1.82) is 0 Å². The second-order valence-corrected chi connectivity index (χ2v) is 7.20. The maximum atomic E-state index is 13.2. The van der Waals surface area contributed by atoms with Crippen LogP contribution in [-0.4, -0.2) is 31.9 Å². The van der Waals surface area contributed by atoms with E-state index in [1.165, 1.54) is 46.8 Å². The van der Waals surface area contributed by atoms with Gasteiger partial charge in [-0.3, -0.25) is 23.4 Å². The Hall–Kier alpha value is -4.21. The van der Waals surface area contributed by atoms with E-state index < -0.39 is 23.0 Å². The maximum Gasteiger partial charge on any atom is 0.332 e. The third-order valence-electron chi connectivity index (χ3n) is 4.92. The van der Waals surface area contributed by atoms with E-state index in [-0.39, 0.29) is 24.1 Å². The van der Waals surface area contributed by atoms with Gasteiger partial charge >= 0.3 is 5.69 Å². The molecule has 0 radical (unpaired) electrons.